The Labute approximate surface area is 124 Å². The van der Waals surface area contributed by atoms with Gasteiger partial charge in [0.15, 0.2) is 0 Å². The number of halogens is 1. The second kappa shape index (κ2) is 6.87. The normalized spacial score (nSPS) is 11.7. The van der Waals surface area contributed by atoms with Gasteiger partial charge in [-0.3, -0.25) is 0 Å². The van der Waals surface area contributed by atoms with Gasteiger partial charge in [-0.2, -0.15) is 5.26 Å². The minimum atomic E-state index is -0.324. The van der Waals surface area contributed by atoms with Gasteiger partial charge in [-0.1, -0.05) is 25.1 Å². The van der Waals surface area contributed by atoms with Gasteiger partial charge in [0.25, 0.3) is 0 Å². The predicted octanol–water partition coefficient (Wildman–Crippen LogP) is 4.16. The van der Waals surface area contributed by atoms with E-state index in [-0.39, 0.29) is 11.9 Å². The molecule has 1 unspecified atom stereocenters. The summed E-state index contributed by atoms with van der Waals surface area (Å²) in [5, 5.41) is 12.3. The number of nitriles is 1. The Morgan fingerprint density at radius 1 is 1.19 bits per heavy atom. The number of para-hydroxylation sites is 1. The van der Waals surface area contributed by atoms with Crippen LogP contribution in [0.15, 0.2) is 42.5 Å². The summed E-state index contributed by atoms with van der Waals surface area (Å²) in [6.07, 6.45) is 0. The fourth-order valence-corrected chi connectivity index (χ4v) is 2.20. The Bertz CT molecular complexity index is 664. The minimum Gasteiger partial charge on any atom is -0.456 e. The van der Waals surface area contributed by atoms with Crippen LogP contribution in [0.4, 0.5) is 4.39 Å². The van der Waals surface area contributed by atoms with Crippen LogP contribution in [0.5, 0.6) is 11.5 Å². The number of rotatable bonds is 5. The maximum Gasteiger partial charge on any atom is 0.145 e. The lowest BCUT2D eigenvalue weighted by molar-refractivity contribution is 0.447. The van der Waals surface area contributed by atoms with E-state index in [1.807, 2.05) is 13.8 Å². The molecule has 21 heavy (non-hydrogen) atoms. The lowest BCUT2D eigenvalue weighted by atomic mass is 10.1. The van der Waals surface area contributed by atoms with E-state index in [2.05, 4.69) is 11.4 Å². The van der Waals surface area contributed by atoms with Gasteiger partial charge in [0.2, 0.25) is 0 Å². The van der Waals surface area contributed by atoms with Crippen LogP contribution < -0.4 is 10.1 Å². The number of hydrogen-bond donors (Lipinski definition) is 1. The summed E-state index contributed by atoms with van der Waals surface area (Å²) in [5.41, 5.74) is 0.885. The molecule has 0 aliphatic heterocycles. The van der Waals surface area contributed by atoms with Gasteiger partial charge in [0.1, 0.15) is 23.4 Å². The Hall–Kier alpha value is -2.38. The van der Waals surface area contributed by atoms with E-state index in [1.165, 1.54) is 6.07 Å². The fourth-order valence-electron chi connectivity index (χ4n) is 2.20. The van der Waals surface area contributed by atoms with E-state index in [9.17, 15) is 4.39 Å². The van der Waals surface area contributed by atoms with Gasteiger partial charge in [-0.25, -0.2) is 4.39 Å². The molecule has 1 atom stereocenters. The summed E-state index contributed by atoms with van der Waals surface area (Å²) in [4.78, 5) is 0. The molecule has 0 heterocycles. The van der Waals surface area contributed by atoms with Crippen LogP contribution in [-0.2, 0) is 0 Å². The molecule has 108 valence electrons. The summed E-state index contributed by atoms with van der Waals surface area (Å²) in [5.74, 6) is 0.525. The molecule has 0 bridgehead atoms. The van der Waals surface area contributed by atoms with E-state index < -0.39 is 0 Å². The third-order valence-corrected chi connectivity index (χ3v) is 3.18. The third-order valence-electron chi connectivity index (χ3n) is 3.18. The Kier molecular flexibility index (Phi) is 4.91. The molecule has 3 nitrogen and oxygen atoms in total. The van der Waals surface area contributed by atoms with E-state index in [1.54, 1.807) is 36.4 Å². The summed E-state index contributed by atoms with van der Waals surface area (Å²) in [6.45, 7) is 4.57. The van der Waals surface area contributed by atoms with Crippen LogP contribution in [0.3, 0.4) is 0 Å². The Balaban J connectivity index is 2.41. The minimum absolute atomic E-state index is 0.180. The summed E-state index contributed by atoms with van der Waals surface area (Å²) >= 11 is 0. The van der Waals surface area contributed by atoms with Crippen molar-refractivity contribution in [2.75, 3.05) is 6.54 Å². The van der Waals surface area contributed by atoms with Crippen molar-refractivity contribution < 1.29 is 9.13 Å². The van der Waals surface area contributed by atoms with Crippen molar-refractivity contribution in [1.29, 1.82) is 5.26 Å². The zero-order valence-electron chi connectivity index (χ0n) is 12.1. The zero-order chi connectivity index (χ0) is 15.2. The molecule has 4 heteroatoms. The number of nitrogens with zero attached hydrogens (tertiary/aromatic N) is 1. The number of benzene rings is 2. The molecular weight excluding hydrogens is 267 g/mol. The first-order valence-electron chi connectivity index (χ1n) is 6.86. The van der Waals surface area contributed by atoms with Crippen LogP contribution >= 0.6 is 0 Å². The highest BCUT2D eigenvalue weighted by Crippen LogP contribution is 2.32. The highest BCUT2D eigenvalue weighted by Gasteiger charge is 2.17. The SMILES string of the molecule is CCNC(C)c1c(F)cccc1Oc1ccccc1C#N. The molecule has 0 aromatic heterocycles. The van der Waals surface area contributed by atoms with Crippen LogP contribution in [0.25, 0.3) is 0 Å². The highest BCUT2D eigenvalue weighted by molar-refractivity contribution is 5.47. The predicted molar refractivity (Wildman–Crippen MR) is 79.7 cm³/mol. The smallest absolute Gasteiger partial charge is 0.145 e. The number of hydrogen-bond acceptors (Lipinski definition) is 3. The van der Waals surface area contributed by atoms with Crippen molar-refractivity contribution in [2.24, 2.45) is 0 Å². The van der Waals surface area contributed by atoms with E-state index in [0.717, 1.165) is 6.54 Å². The molecule has 0 radical (unpaired) electrons. The molecule has 2 aromatic rings. The monoisotopic (exact) mass is 284 g/mol. The van der Waals surface area contributed by atoms with Gasteiger partial charge in [-0.15, -0.1) is 0 Å². The molecule has 2 rings (SSSR count). The molecular formula is C17H17FN2O. The molecule has 0 aliphatic rings. The number of nitrogens with one attached hydrogen (secondary N) is 1. The Morgan fingerprint density at radius 3 is 2.62 bits per heavy atom. The maximum atomic E-state index is 14.1. The molecule has 0 spiro atoms. The average Bonchev–Trinajstić information content (AvgIpc) is 2.48. The molecule has 0 fully saturated rings. The lowest BCUT2D eigenvalue weighted by Gasteiger charge is -2.18. The molecule has 2 aromatic carbocycles. The first-order chi connectivity index (χ1) is 10.2. The molecule has 0 saturated heterocycles. The Morgan fingerprint density at radius 2 is 1.90 bits per heavy atom. The standard InChI is InChI=1S/C17H17FN2O/c1-3-20-12(2)17-14(18)8-6-10-16(17)21-15-9-5-4-7-13(15)11-19/h4-10,12,20H,3H2,1-2H3. The van der Waals surface area contributed by atoms with Crippen LogP contribution in [0.1, 0.15) is 31.0 Å². The van der Waals surface area contributed by atoms with E-state index in [4.69, 9.17) is 10.00 Å². The molecule has 0 saturated carbocycles. The first kappa shape index (κ1) is 15.0. The molecule has 0 aliphatic carbocycles. The van der Waals surface area contributed by atoms with Gasteiger partial charge in [0.05, 0.1) is 5.56 Å². The van der Waals surface area contributed by atoms with E-state index >= 15 is 0 Å². The summed E-state index contributed by atoms with van der Waals surface area (Å²) in [7, 11) is 0. The summed E-state index contributed by atoms with van der Waals surface area (Å²) < 4.78 is 19.9. The van der Waals surface area contributed by atoms with Crippen molar-refractivity contribution in [3.63, 3.8) is 0 Å². The lowest BCUT2D eigenvalue weighted by Crippen LogP contribution is -2.19. The third kappa shape index (κ3) is 3.39. The molecule has 1 N–H and O–H groups in total. The van der Waals surface area contributed by atoms with Crippen molar-refractivity contribution in [3.8, 4) is 17.6 Å². The van der Waals surface area contributed by atoms with Crippen molar-refractivity contribution in [2.45, 2.75) is 19.9 Å². The van der Waals surface area contributed by atoms with Crippen LogP contribution in [-0.4, -0.2) is 6.54 Å². The highest BCUT2D eigenvalue weighted by atomic mass is 19.1. The second-order valence-corrected chi connectivity index (χ2v) is 4.64. The van der Waals surface area contributed by atoms with Gasteiger partial charge < -0.3 is 10.1 Å². The zero-order valence-corrected chi connectivity index (χ0v) is 12.1. The fraction of sp³-hybridized carbons (Fsp3) is 0.235. The van der Waals surface area contributed by atoms with Gasteiger partial charge in [0, 0.05) is 11.6 Å². The van der Waals surface area contributed by atoms with Gasteiger partial charge in [-0.05, 0) is 37.7 Å². The van der Waals surface area contributed by atoms with Crippen molar-refractivity contribution >= 4 is 0 Å². The van der Waals surface area contributed by atoms with E-state index in [0.29, 0.717) is 22.6 Å². The molecule has 0 amide bonds. The quantitative estimate of drug-likeness (QED) is 0.896. The summed E-state index contributed by atoms with van der Waals surface area (Å²) in [6, 6.07) is 13.5. The van der Waals surface area contributed by atoms with Crippen molar-refractivity contribution in [1.82, 2.24) is 5.32 Å². The van der Waals surface area contributed by atoms with Crippen molar-refractivity contribution in [3.05, 3.63) is 59.4 Å². The topological polar surface area (TPSA) is 45.0 Å². The first-order valence-corrected chi connectivity index (χ1v) is 6.86. The largest absolute Gasteiger partial charge is 0.456 e. The average molecular weight is 284 g/mol. The van der Waals surface area contributed by atoms with Gasteiger partial charge >= 0.3 is 0 Å². The van der Waals surface area contributed by atoms with Crippen LogP contribution in [0, 0.1) is 17.1 Å². The van der Waals surface area contributed by atoms with Crippen LogP contribution in [0.2, 0.25) is 0 Å². The number of ether oxygens (including phenoxy) is 1. The maximum absolute atomic E-state index is 14.1. The second-order valence-electron chi connectivity index (χ2n) is 4.64.